The van der Waals surface area contributed by atoms with Crippen molar-refractivity contribution in [1.82, 2.24) is 9.88 Å². The number of hydrogen-bond donors (Lipinski definition) is 2. The van der Waals surface area contributed by atoms with Crippen LogP contribution < -0.4 is 5.32 Å². The van der Waals surface area contributed by atoms with Gasteiger partial charge in [0.1, 0.15) is 0 Å². The Hall–Kier alpha value is -1.29. The normalized spacial score (nSPS) is 16.5. The minimum absolute atomic E-state index is 0.00865. The standard InChI is InChI=1S/C16H26N2O2/c1-10(2)7-13(9-19)17-16(20)15-8-11(3)18(12(15)4)14-5-6-14/h8,10,13-14,19H,5-7,9H2,1-4H3,(H,17,20). The average molecular weight is 278 g/mol. The molecule has 0 aliphatic heterocycles. The van der Waals surface area contributed by atoms with E-state index in [0.29, 0.717) is 12.0 Å². The molecule has 2 N–H and O–H groups in total. The number of carbonyl (C=O) groups is 1. The number of aryl methyl sites for hydroxylation is 1. The Morgan fingerprint density at radius 2 is 2.10 bits per heavy atom. The van der Waals surface area contributed by atoms with Gasteiger partial charge in [0.15, 0.2) is 0 Å². The summed E-state index contributed by atoms with van der Waals surface area (Å²) in [7, 11) is 0. The van der Waals surface area contributed by atoms with Gasteiger partial charge >= 0.3 is 0 Å². The summed E-state index contributed by atoms with van der Waals surface area (Å²) >= 11 is 0. The number of aliphatic hydroxyl groups excluding tert-OH is 1. The average Bonchev–Trinajstić information content (AvgIpc) is 3.14. The number of rotatable bonds is 6. The lowest BCUT2D eigenvalue weighted by atomic mass is 10.0. The lowest BCUT2D eigenvalue weighted by Gasteiger charge is -2.18. The predicted octanol–water partition coefficient (Wildman–Crippen LogP) is 2.58. The van der Waals surface area contributed by atoms with Crippen LogP contribution in [0.2, 0.25) is 0 Å². The maximum Gasteiger partial charge on any atom is 0.253 e. The highest BCUT2D eigenvalue weighted by atomic mass is 16.3. The van der Waals surface area contributed by atoms with Gasteiger partial charge in [-0.05, 0) is 45.1 Å². The van der Waals surface area contributed by atoms with Crippen molar-refractivity contribution in [2.24, 2.45) is 5.92 Å². The van der Waals surface area contributed by atoms with Crippen molar-refractivity contribution in [2.75, 3.05) is 6.61 Å². The molecule has 1 aliphatic rings. The third kappa shape index (κ3) is 3.23. The number of aliphatic hydroxyl groups is 1. The molecule has 0 radical (unpaired) electrons. The maximum absolute atomic E-state index is 12.4. The molecule has 20 heavy (non-hydrogen) atoms. The molecule has 1 aromatic heterocycles. The van der Waals surface area contributed by atoms with E-state index in [4.69, 9.17) is 0 Å². The Morgan fingerprint density at radius 1 is 1.45 bits per heavy atom. The van der Waals surface area contributed by atoms with Crippen LogP contribution in [0.15, 0.2) is 6.07 Å². The molecule has 1 heterocycles. The first-order valence-electron chi connectivity index (χ1n) is 7.54. The zero-order valence-electron chi connectivity index (χ0n) is 12.9. The van der Waals surface area contributed by atoms with Crippen molar-refractivity contribution in [1.29, 1.82) is 0 Å². The molecule has 1 amide bonds. The summed E-state index contributed by atoms with van der Waals surface area (Å²) in [6.45, 7) is 8.24. The Bertz CT molecular complexity index is 487. The van der Waals surface area contributed by atoms with Crippen LogP contribution in [0.25, 0.3) is 0 Å². The van der Waals surface area contributed by atoms with E-state index in [1.807, 2.05) is 13.0 Å². The number of aromatic nitrogens is 1. The number of carbonyl (C=O) groups excluding carboxylic acids is 1. The molecular weight excluding hydrogens is 252 g/mol. The van der Waals surface area contributed by atoms with Crippen molar-refractivity contribution in [3.8, 4) is 0 Å². The van der Waals surface area contributed by atoms with Gasteiger partial charge in [0.05, 0.1) is 18.2 Å². The molecule has 1 aliphatic carbocycles. The highest BCUT2D eigenvalue weighted by Crippen LogP contribution is 2.38. The Labute approximate surface area is 121 Å². The van der Waals surface area contributed by atoms with Crippen LogP contribution in [0, 0.1) is 19.8 Å². The van der Waals surface area contributed by atoms with Crippen LogP contribution in [-0.4, -0.2) is 28.2 Å². The van der Waals surface area contributed by atoms with Gasteiger partial charge in [-0.1, -0.05) is 13.8 Å². The fraction of sp³-hybridized carbons (Fsp3) is 0.688. The summed E-state index contributed by atoms with van der Waals surface area (Å²) in [5, 5.41) is 12.3. The minimum atomic E-state index is -0.161. The van der Waals surface area contributed by atoms with Crippen LogP contribution in [0.5, 0.6) is 0 Å². The molecule has 1 atom stereocenters. The van der Waals surface area contributed by atoms with Gasteiger partial charge < -0.3 is 15.0 Å². The first kappa shape index (κ1) is 15.1. The van der Waals surface area contributed by atoms with Gasteiger partial charge in [-0.2, -0.15) is 0 Å². The van der Waals surface area contributed by atoms with Crippen molar-refractivity contribution in [2.45, 2.75) is 59.0 Å². The molecule has 0 aromatic carbocycles. The van der Waals surface area contributed by atoms with Gasteiger partial charge in [-0.25, -0.2) is 0 Å². The molecule has 1 aromatic rings. The largest absolute Gasteiger partial charge is 0.394 e. The summed E-state index contributed by atoms with van der Waals surface area (Å²) in [5.41, 5.74) is 2.94. The zero-order chi connectivity index (χ0) is 14.9. The van der Waals surface area contributed by atoms with Gasteiger partial charge in [0, 0.05) is 17.4 Å². The highest BCUT2D eigenvalue weighted by Gasteiger charge is 2.28. The summed E-state index contributed by atoms with van der Waals surface area (Å²) in [5.74, 6) is 0.385. The van der Waals surface area contributed by atoms with Crippen LogP contribution >= 0.6 is 0 Å². The van der Waals surface area contributed by atoms with E-state index in [-0.39, 0.29) is 18.6 Å². The topological polar surface area (TPSA) is 54.3 Å². The SMILES string of the molecule is Cc1cc(C(=O)NC(CO)CC(C)C)c(C)n1C1CC1. The fourth-order valence-electron chi connectivity index (χ4n) is 2.91. The van der Waals surface area contributed by atoms with E-state index in [9.17, 15) is 9.90 Å². The Kier molecular flexibility index (Phi) is 4.53. The van der Waals surface area contributed by atoms with Crippen molar-refractivity contribution in [3.05, 3.63) is 23.0 Å². The Morgan fingerprint density at radius 3 is 2.60 bits per heavy atom. The quantitative estimate of drug-likeness (QED) is 0.840. The summed E-state index contributed by atoms with van der Waals surface area (Å²) in [6.07, 6.45) is 3.22. The summed E-state index contributed by atoms with van der Waals surface area (Å²) < 4.78 is 2.27. The smallest absolute Gasteiger partial charge is 0.253 e. The number of hydrogen-bond acceptors (Lipinski definition) is 2. The van der Waals surface area contributed by atoms with Crippen molar-refractivity contribution in [3.63, 3.8) is 0 Å². The van der Waals surface area contributed by atoms with Gasteiger partial charge in [-0.15, -0.1) is 0 Å². The second-order valence-corrected chi connectivity index (χ2v) is 6.37. The first-order chi connectivity index (χ1) is 9.43. The monoisotopic (exact) mass is 278 g/mol. The van der Waals surface area contributed by atoms with E-state index < -0.39 is 0 Å². The number of nitrogens with zero attached hydrogens (tertiary/aromatic N) is 1. The number of amides is 1. The maximum atomic E-state index is 12.4. The molecule has 0 spiro atoms. The zero-order valence-corrected chi connectivity index (χ0v) is 12.9. The minimum Gasteiger partial charge on any atom is -0.394 e. The first-order valence-corrected chi connectivity index (χ1v) is 7.54. The molecular formula is C16H26N2O2. The van der Waals surface area contributed by atoms with E-state index >= 15 is 0 Å². The summed E-state index contributed by atoms with van der Waals surface area (Å²) in [4.78, 5) is 12.4. The lowest BCUT2D eigenvalue weighted by molar-refractivity contribution is 0.0907. The van der Waals surface area contributed by atoms with E-state index in [0.717, 1.165) is 23.4 Å². The lowest BCUT2D eigenvalue weighted by Crippen LogP contribution is -2.38. The van der Waals surface area contributed by atoms with E-state index in [2.05, 4.69) is 30.7 Å². The number of nitrogens with one attached hydrogen (secondary N) is 1. The van der Waals surface area contributed by atoms with Crippen LogP contribution in [0.1, 0.15) is 60.9 Å². The second kappa shape index (κ2) is 6.00. The molecule has 1 unspecified atom stereocenters. The predicted molar refractivity (Wildman–Crippen MR) is 80.0 cm³/mol. The molecule has 2 rings (SSSR count). The van der Waals surface area contributed by atoms with Crippen molar-refractivity contribution >= 4 is 5.91 Å². The van der Waals surface area contributed by atoms with Crippen LogP contribution in [-0.2, 0) is 0 Å². The van der Waals surface area contributed by atoms with E-state index in [1.54, 1.807) is 0 Å². The van der Waals surface area contributed by atoms with Gasteiger partial charge in [0.2, 0.25) is 0 Å². The molecule has 0 saturated heterocycles. The summed E-state index contributed by atoms with van der Waals surface area (Å²) in [6, 6.07) is 2.39. The van der Waals surface area contributed by atoms with Gasteiger partial charge in [-0.3, -0.25) is 4.79 Å². The third-order valence-electron chi connectivity index (χ3n) is 3.95. The molecule has 4 heteroatoms. The molecule has 0 bridgehead atoms. The molecule has 112 valence electrons. The molecule has 4 nitrogen and oxygen atoms in total. The fourth-order valence-corrected chi connectivity index (χ4v) is 2.91. The highest BCUT2D eigenvalue weighted by molar-refractivity contribution is 5.95. The van der Waals surface area contributed by atoms with Gasteiger partial charge in [0.25, 0.3) is 5.91 Å². The molecule has 1 fully saturated rings. The molecule has 1 saturated carbocycles. The van der Waals surface area contributed by atoms with Crippen molar-refractivity contribution < 1.29 is 9.90 Å². The Balaban J connectivity index is 2.11. The third-order valence-corrected chi connectivity index (χ3v) is 3.95. The second-order valence-electron chi connectivity index (χ2n) is 6.37. The van der Waals surface area contributed by atoms with Crippen LogP contribution in [0.4, 0.5) is 0 Å². The van der Waals surface area contributed by atoms with Crippen LogP contribution in [0.3, 0.4) is 0 Å². The van der Waals surface area contributed by atoms with E-state index in [1.165, 1.54) is 12.8 Å².